The van der Waals surface area contributed by atoms with Gasteiger partial charge in [0.05, 0.1) is 11.7 Å². The molecule has 0 bridgehead atoms. The smallest absolute Gasteiger partial charge is 0.255 e. The number of phenols is 1. The predicted octanol–water partition coefficient (Wildman–Crippen LogP) is 1.69. The zero-order valence-corrected chi connectivity index (χ0v) is 9.87. The van der Waals surface area contributed by atoms with Gasteiger partial charge in [-0.15, -0.1) is 0 Å². The summed E-state index contributed by atoms with van der Waals surface area (Å²) in [7, 11) is 0. The highest BCUT2D eigenvalue weighted by molar-refractivity contribution is 5.96. The van der Waals surface area contributed by atoms with Crippen LogP contribution in [0.1, 0.15) is 24.2 Å². The number of nitrogens with one attached hydrogen (secondary N) is 1. The summed E-state index contributed by atoms with van der Waals surface area (Å²) < 4.78 is 18.1. The van der Waals surface area contributed by atoms with Gasteiger partial charge in [0.2, 0.25) is 0 Å². The fourth-order valence-corrected chi connectivity index (χ4v) is 1.37. The number of benzene rings is 1. The molecule has 0 aliphatic rings. The van der Waals surface area contributed by atoms with E-state index in [-0.39, 0.29) is 17.4 Å². The Bertz CT molecular complexity index is 395. The lowest BCUT2D eigenvalue weighted by Crippen LogP contribution is -2.32. The molecule has 0 saturated heterocycles. The molecule has 1 aromatic rings. The average Bonchev–Trinajstić information content (AvgIpc) is 2.29. The largest absolute Gasteiger partial charge is 0.507 e. The number of phenolic OH excluding ortho intramolecular Hbond substituents is 1. The molecule has 0 aromatic heterocycles. The Kier molecular flexibility index (Phi) is 4.90. The molecule has 1 atom stereocenters. The van der Waals surface area contributed by atoms with E-state index in [1.807, 2.05) is 13.8 Å². The highest BCUT2D eigenvalue weighted by atomic mass is 19.1. The van der Waals surface area contributed by atoms with Crippen molar-refractivity contribution in [3.63, 3.8) is 0 Å². The van der Waals surface area contributed by atoms with Crippen LogP contribution in [-0.4, -0.2) is 30.3 Å². The summed E-state index contributed by atoms with van der Waals surface area (Å²) in [5.74, 6) is -1.33. The fraction of sp³-hybridized carbons (Fsp3) is 0.417. The highest BCUT2D eigenvalue weighted by Gasteiger charge is 2.12. The number of hydrogen-bond donors (Lipinski definition) is 2. The van der Waals surface area contributed by atoms with Crippen molar-refractivity contribution in [3.05, 3.63) is 29.6 Å². The van der Waals surface area contributed by atoms with E-state index in [2.05, 4.69) is 5.32 Å². The summed E-state index contributed by atoms with van der Waals surface area (Å²) in [6.07, 6.45) is -0.125. The summed E-state index contributed by atoms with van der Waals surface area (Å²) in [4.78, 5) is 11.6. The van der Waals surface area contributed by atoms with Gasteiger partial charge in [-0.3, -0.25) is 4.79 Å². The molecule has 1 aromatic carbocycles. The Morgan fingerprint density at radius 2 is 2.29 bits per heavy atom. The van der Waals surface area contributed by atoms with Gasteiger partial charge in [-0.05, 0) is 32.0 Å². The standard InChI is InChI=1S/C12H16FNO3/c1-3-17-8(2)7-14-12(16)10-6-9(13)4-5-11(10)15/h4-6,8,15H,3,7H2,1-2H3,(H,14,16). The first-order valence-electron chi connectivity index (χ1n) is 5.43. The molecule has 0 spiro atoms. The maximum Gasteiger partial charge on any atom is 0.255 e. The quantitative estimate of drug-likeness (QED) is 0.824. The van der Waals surface area contributed by atoms with Crippen molar-refractivity contribution in [1.29, 1.82) is 0 Å². The zero-order chi connectivity index (χ0) is 12.8. The second-order valence-electron chi connectivity index (χ2n) is 3.64. The molecule has 1 amide bonds. The van der Waals surface area contributed by atoms with Crippen molar-refractivity contribution in [2.75, 3.05) is 13.2 Å². The Labute approximate surface area is 99.4 Å². The Hall–Kier alpha value is -1.62. The van der Waals surface area contributed by atoms with Crippen LogP contribution >= 0.6 is 0 Å². The van der Waals surface area contributed by atoms with Crippen molar-refractivity contribution >= 4 is 5.91 Å². The number of aromatic hydroxyl groups is 1. The normalized spacial score (nSPS) is 12.2. The first-order valence-corrected chi connectivity index (χ1v) is 5.43. The van der Waals surface area contributed by atoms with Crippen LogP contribution < -0.4 is 5.32 Å². The number of carbonyl (C=O) groups excluding carboxylic acids is 1. The van der Waals surface area contributed by atoms with Crippen molar-refractivity contribution in [1.82, 2.24) is 5.32 Å². The third-order valence-corrected chi connectivity index (χ3v) is 2.20. The van der Waals surface area contributed by atoms with Gasteiger partial charge in [-0.25, -0.2) is 4.39 Å². The molecule has 94 valence electrons. The molecule has 4 nitrogen and oxygen atoms in total. The Balaban J connectivity index is 2.61. The van der Waals surface area contributed by atoms with Gasteiger partial charge in [0.1, 0.15) is 11.6 Å². The minimum Gasteiger partial charge on any atom is -0.507 e. The molecule has 0 saturated carbocycles. The lowest BCUT2D eigenvalue weighted by atomic mass is 10.2. The van der Waals surface area contributed by atoms with Gasteiger partial charge >= 0.3 is 0 Å². The Morgan fingerprint density at radius 1 is 1.59 bits per heavy atom. The number of carbonyl (C=O) groups is 1. The summed E-state index contributed by atoms with van der Waals surface area (Å²) in [6.45, 7) is 4.54. The van der Waals surface area contributed by atoms with Gasteiger partial charge < -0.3 is 15.2 Å². The second-order valence-corrected chi connectivity index (χ2v) is 3.64. The highest BCUT2D eigenvalue weighted by Crippen LogP contribution is 2.17. The molecule has 0 aliphatic carbocycles. The summed E-state index contributed by atoms with van der Waals surface area (Å²) in [5.41, 5.74) is -0.0753. The van der Waals surface area contributed by atoms with Gasteiger partial charge in [0, 0.05) is 13.2 Å². The maximum atomic E-state index is 12.9. The number of ether oxygens (including phenoxy) is 1. The molecule has 17 heavy (non-hydrogen) atoms. The average molecular weight is 241 g/mol. The van der Waals surface area contributed by atoms with E-state index in [1.165, 1.54) is 0 Å². The number of amides is 1. The van der Waals surface area contributed by atoms with Crippen molar-refractivity contribution in [3.8, 4) is 5.75 Å². The molecule has 0 radical (unpaired) electrons. The van der Waals surface area contributed by atoms with Crippen LogP contribution in [0.5, 0.6) is 5.75 Å². The number of halogens is 1. The van der Waals surface area contributed by atoms with E-state index in [4.69, 9.17) is 4.74 Å². The monoisotopic (exact) mass is 241 g/mol. The van der Waals surface area contributed by atoms with E-state index >= 15 is 0 Å². The number of hydrogen-bond acceptors (Lipinski definition) is 3. The van der Waals surface area contributed by atoms with Gasteiger partial charge in [-0.2, -0.15) is 0 Å². The molecule has 2 N–H and O–H groups in total. The first-order chi connectivity index (χ1) is 8.04. The fourth-order valence-electron chi connectivity index (χ4n) is 1.37. The van der Waals surface area contributed by atoms with E-state index < -0.39 is 11.7 Å². The lowest BCUT2D eigenvalue weighted by Gasteiger charge is -2.13. The van der Waals surface area contributed by atoms with Gasteiger partial charge in [0.15, 0.2) is 0 Å². The van der Waals surface area contributed by atoms with Crippen LogP contribution in [0.4, 0.5) is 4.39 Å². The SMILES string of the molecule is CCOC(C)CNC(=O)c1cc(F)ccc1O. The first kappa shape index (κ1) is 13.4. The molecule has 0 aliphatic heterocycles. The van der Waals surface area contributed by atoms with Crippen LogP contribution in [0.2, 0.25) is 0 Å². The summed E-state index contributed by atoms with van der Waals surface area (Å²) >= 11 is 0. The van der Waals surface area contributed by atoms with Crippen molar-refractivity contribution in [2.45, 2.75) is 20.0 Å². The van der Waals surface area contributed by atoms with Crippen LogP contribution in [0.15, 0.2) is 18.2 Å². The molecule has 0 fully saturated rings. The molecule has 1 unspecified atom stereocenters. The van der Waals surface area contributed by atoms with Crippen molar-refractivity contribution < 1.29 is 19.0 Å². The third kappa shape index (κ3) is 4.03. The van der Waals surface area contributed by atoms with Crippen LogP contribution in [0.25, 0.3) is 0 Å². The lowest BCUT2D eigenvalue weighted by molar-refractivity contribution is 0.0694. The van der Waals surface area contributed by atoms with Crippen LogP contribution in [-0.2, 0) is 4.74 Å². The van der Waals surface area contributed by atoms with Crippen LogP contribution in [0.3, 0.4) is 0 Å². The predicted molar refractivity (Wildman–Crippen MR) is 61.5 cm³/mol. The molecule has 5 heteroatoms. The van der Waals surface area contributed by atoms with E-state index in [0.717, 1.165) is 18.2 Å². The number of rotatable bonds is 5. The third-order valence-electron chi connectivity index (χ3n) is 2.20. The van der Waals surface area contributed by atoms with Gasteiger partial charge in [0.25, 0.3) is 5.91 Å². The molecular weight excluding hydrogens is 225 g/mol. The molecule has 1 rings (SSSR count). The van der Waals surface area contributed by atoms with Gasteiger partial charge in [-0.1, -0.05) is 0 Å². The minimum atomic E-state index is -0.564. The zero-order valence-electron chi connectivity index (χ0n) is 9.87. The summed E-state index contributed by atoms with van der Waals surface area (Å²) in [6, 6.07) is 3.24. The second kappa shape index (κ2) is 6.20. The maximum absolute atomic E-state index is 12.9. The van der Waals surface area contributed by atoms with E-state index in [0.29, 0.717) is 13.2 Å². The molecular formula is C12H16FNO3. The van der Waals surface area contributed by atoms with E-state index in [9.17, 15) is 14.3 Å². The van der Waals surface area contributed by atoms with Crippen LogP contribution in [0, 0.1) is 5.82 Å². The summed E-state index contributed by atoms with van der Waals surface area (Å²) in [5, 5.41) is 12.0. The van der Waals surface area contributed by atoms with Crippen molar-refractivity contribution in [2.24, 2.45) is 0 Å². The molecule has 0 heterocycles. The topological polar surface area (TPSA) is 58.6 Å². The Morgan fingerprint density at radius 3 is 2.94 bits per heavy atom. The van der Waals surface area contributed by atoms with E-state index in [1.54, 1.807) is 0 Å². The minimum absolute atomic E-state index is 0.0753.